The maximum Gasteiger partial charge on any atom is 0.178 e. The van der Waals surface area contributed by atoms with Gasteiger partial charge in [0.25, 0.3) is 0 Å². The van der Waals surface area contributed by atoms with Crippen molar-refractivity contribution in [3.05, 3.63) is 71.6 Å². The van der Waals surface area contributed by atoms with Gasteiger partial charge in [-0.25, -0.2) is 8.42 Å². The summed E-state index contributed by atoms with van der Waals surface area (Å²) >= 11 is 0. The molecule has 0 unspecified atom stereocenters. The Bertz CT molecular complexity index is 1060. The van der Waals surface area contributed by atoms with Gasteiger partial charge in [-0.2, -0.15) is 0 Å². The van der Waals surface area contributed by atoms with Crippen LogP contribution in [0.2, 0.25) is 0 Å². The zero-order valence-corrected chi connectivity index (χ0v) is 17.6. The number of hydrogen-bond donors (Lipinski definition) is 1. The molecule has 0 fully saturated rings. The minimum Gasteiger partial charge on any atom is -0.381 e. The SMILES string of the molecule is CCC/C(=C\c1c[nH]c2ccc(CCS(=O)(=O)c3ccccc3)cc12)N(C)C. The molecular formula is C23H28N2O2S. The summed E-state index contributed by atoms with van der Waals surface area (Å²) in [5, 5.41) is 1.13. The van der Waals surface area contributed by atoms with Crippen molar-refractivity contribution < 1.29 is 8.42 Å². The maximum atomic E-state index is 12.6. The van der Waals surface area contributed by atoms with E-state index in [2.05, 4.69) is 43.0 Å². The summed E-state index contributed by atoms with van der Waals surface area (Å²) in [5.74, 6) is 0.108. The van der Waals surface area contributed by atoms with Crippen molar-refractivity contribution in [2.45, 2.75) is 31.1 Å². The lowest BCUT2D eigenvalue weighted by Gasteiger charge is -2.16. The van der Waals surface area contributed by atoms with Gasteiger partial charge in [-0.15, -0.1) is 0 Å². The Kier molecular flexibility index (Phi) is 6.25. The Labute approximate surface area is 167 Å². The summed E-state index contributed by atoms with van der Waals surface area (Å²) in [5.41, 5.74) is 4.51. The molecule has 0 radical (unpaired) electrons. The third kappa shape index (κ3) is 4.65. The van der Waals surface area contributed by atoms with Gasteiger partial charge in [-0.05, 0) is 48.7 Å². The van der Waals surface area contributed by atoms with E-state index < -0.39 is 9.84 Å². The number of fused-ring (bicyclic) bond motifs is 1. The maximum absolute atomic E-state index is 12.6. The summed E-state index contributed by atoms with van der Waals surface area (Å²) < 4.78 is 25.1. The Morgan fingerprint density at radius 1 is 1.11 bits per heavy atom. The molecule has 0 amide bonds. The molecule has 0 bridgehead atoms. The number of nitrogens with zero attached hydrogens (tertiary/aromatic N) is 1. The first-order valence-electron chi connectivity index (χ1n) is 9.66. The highest BCUT2D eigenvalue weighted by Gasteiger charge is 2.14. The number of allylic oxidation sites excluding steroid dienone is 1. The zero-order valence-electron chi connectivity index (χ0n) is 16.8. The molecule has 0 aliphatic heterocycles. The molecule has 0 saturated heterocycles. The minimum atomic E-state index is -3.27. The lowest BCUT2D eigenvalue weighted by molar-refractivity contribution is 0.489. The third-order valence-corrected chi connectivity index (χ3v) is 6.67. The first-order valence-corrected chi connectivity index (χ1v) is 11.3. The number of sulfone groups is 1. The van der Waals surface area contributed by atoms with E-state index in [1.165, 1.54) is 5.70 Å². The van der Waals surface area contributed by atoms with Gasteiger partial charge in [0.15, 0.2) is 9.84 Å². The van der Waals surface area contributed by atoms with Crippen LogP contribution in [0.5, 0.6) is 0 Å². The van der Waals surface area contributed by atoms with Crippen LogP contribution in [0.1, 0.15) is 30.9 Å². The van der Waals surface area contributed by atoms with Crippen molar-refractivity contribution in [1.82, 2.24) is 9.88 Å². The van der Waals surface area contributed by atoms with Crippen LogP contribution in [-0.4, -0.2) is 38.1 Å². The first-order chi connectivity index (χ1) is 13.4. The van der Waals surface area contributed by atoms with Crippen LogP contribution in [0.3, 0.4) is 0 Å². The van der Waals surface area contributed by atoms with Gasteiger partial charge in [0.1, 0.15) is 0 Å². The van der Waals surface area contributed by atoms with Gasteiger partial charge >= 0.3 is 0 Å². The number of aryl methyl sites for hydroxylation is 1. The van der Waals surface area contributed by atoms with Gasteiger partial charge < -0.3 is 9.88 Å². The van der Waals surface area contributed by atoms with Crippen molar-refractivity contribution in [3.63, 3.8) is 0 Å². The number of aromatic nitrogens is 1. The van der Waals surface area contributed by atoms with Gasteiger partial charge in [-0.1, -0.05) is 37.6 Å². The molecule has 28 heavy (non-hydrogen) atoms. The topological polar surface area (TPSA) is 53.2 Å². The molecule has 2 aromatic carbocycles. The van der Waals surface area contributed by atoms with Crippen LogP contribution in [0, 0.1) is 0 Å². The Balaban J connectivity index is 1.85. The molecule has 1 heterocycles. The highest BCUT2D eigenvalue weighted by Crippen LogP contribution is 2.24. The fraction of sp³-hybridized carbons (Fsp3) is 0.304. The summed E-state index contributed by atoms with van der Waals surface area (Å²) in [6.07, 6.45) is 6.85. The number of benzene rings is 2. The highest BCUT2D eigenvalue weighted by atomic mass is 32.2. The third-order valence-electron chi connectivity index (χ3n) is 4.94. The molecule has 1 N–H and O–H groups in total. The Hall–Kier alpha value is -2.53. The summed E-state index contributed by atoms with van der Waals surface area (Å²) in [4.78, 5) is 5.86. The number of aromatic amines is 1. The molecule has 3 aromatic rings. The van der Waals surface area contributed by atoms with Crippen LogP contribution in [-0.2, 0) is 16.3 Å². The molecule has 1 aromatic heterocycles. The van der Waals surface area contributed by atoms with Gasteiger partial charge in [-0.3, -0.25) is 0 Å². The number of hydrogen-bond acceptors (Lipinski definition) is 3. The number of nitrogens with one attached hydrogen (secondary N) is 1. The standard InChI is InChI=1S/C23H28N2O2S/c1-4-8-20(25(2)3)16-19-17-24-23-12-11-18(15-22(19)23)13-14-28(26,27)21-9-6-5-7-10-21/h5-7,9-12,15-17,24H,4,8,13-14H2,1-3H3/b20-16+. The fourth-order valence-electron chi connectivity index (χ4n) is 3.32. The molecule has 0 aliphatic carbocycles. The molecular weight excluding hydrogens is 368 g/mol. The average molecular weight is 397 g/mol. The van der Waals surface area contributed by atoms with Crippen molar-refractivity contribution >= 4 is 26.8 Å². The van der Waals surface area contributed by atoms with E-state index in [0.717, 1.165) is 34.9 Å². The monoisotopic (exact) mass is 396 g/mol. The normalized spacial score (nSPS) is 12.5. The molecule has 0 atom stereocenters. The van der Waals surface area contributed by atoms with E-state index in [0.29, 0.717) is 11.3 Å². The lowest BCUT2D eigenvalue weighted by Crippen LogP contribution is -2.10. The van der Waals surface area contributed by atoms with Crippen LogP contribution in [0.25, 0.3) is 17.0 Å². The highest BCUT2D eigenvalue weighted by molar-refractivity contribution is 7.91. The van der Waals surface area contributed by atoms with Crippen LogP contribution >= 0.6 is 0 Å². The number of H-pyrrole nitrogens is 1. The molecule has 4 nitrogen and oxygen atoms in total. The van der Waals surface area contributed by atoms with Crippen LogP contribution in [0.15, 0.2) is 65.3 Å². The Morgan fingerprint density at radius 3 is 2.54 bits per heavy atom. The van der Waals surface area contributed by atoms with Crippen LogP contribution < -0.4 is 0 Å². The molecule has 0 saturated carbocycles. The van der Waals surface area contributed by atoms with Crippen molar-refractivity contribution in [2.75, 3.05) is 19.8 Å². The predicted molar refractivity (Wildman–Crippen MR) is 117 cm³/mol. The molecule has 148 valence electrons. The second-order valence-corrected chi connectivity index (χ2v) is 9.40. The minimum absolute atomic E-state index is 0.108. The quantitative estimate of drug-likeness (QED) is 0.590. The fourth-order valence-corrected chi connectivity index (χ4v) is 4.63. The van der Waals surface area contributed by atoms with Crippen molar-refractivity contribution in [1.29, 1.82) is 0 Å². The smallest absolute Gasteiger partial charge is 0.178 e. The zero-order chi connectivity index (χ0) is 20.1. The van der Waals surface area contributed by atoms with E-state index in [1.807, 2.05) is 24.4 Å². The predicted octanol–water partition coefficient (Wildman–Crippen LogP) is 4.89. The van der Waals surface area contributed by atoms with Gasteiger partial charge in [0.2, 0.25) is 0 Å². The molecule has 0 aliphatic rings. The molecule has 5 heteroatoms. The summed E-state index contributed by atoms with van der Waals surface area (Å²) in [6, 6.07) is 14.8. The van der Waals surface area contributed by atoms with E-state index in [-0.39, 0.29) is 5.75 Å². The second kappa shape index (κ2) is 8.65. The number of rotatable bonds is 8. The van der Waals surface area contributed by atoms with Crippen LogP contribution in [0.4, 0.5) is 0 Å². The lowest BCUT2D eigenvalue weighted by atomic mass is 10.1. The summed E-state index contributed by atoms with van der Waals surface area (Å²) in [7, 11) is 0.859. The largest absolute Gasteiger partial charge is 0.381 e. The van der Waals surface area contributed by atoms with Gasteiger partial charge in [0.05, 0.1) is 10.6 Å². The van der Waals surface area contributed by atoms with E-state index in [1.54, 1.807) is 24.3 Å². The van der Waals surface area contributed by atoms with Gasteiger partial charge in [0, 0.05) is 42.5 Å². The van der Waals surface area contributed by atoms with E-state index in [4.69, 9.17) is 0 Å². The van der Waals surface area contributed by atoms with E-state index >= 15 is 0 Å². The molecule has 3 rings (SSSR count). The Morgan fingerprint density at radius 2 is 1.86 bits per heavy atom. The summed E-state index contributed by atoms with van der Waals surface area (Å²) in [6.45, 7) is 2.18. The average Bonchev–Trinajstić information content (AvgIpc) is 3.09. The van der Waals surface area contributed by atoms with Crippen molar-refractivity contribution in [3.8, 4) is 0 Å². The first kappa shape index (κ1) is 20.2. The van der Waals surface area contributed by atoms with Crippen molar-refractivity contribution in [2.24, 2.45) is 0 Å². The van der Waals surface area contributed by atoms with E-state index in [9.17, 15) is 8.42 Å². The molecule has 0 spiro atoms. The second-order valence-electron chi connectivity index (χ2n) is 7.29.